The fourth-order valence-electron chi connectivity index (χ4n) is 2.32. The van der Waals surface area contributed by atoms with Crippen molar-refractivity contribution in [2.75, 3.05) is 13.2 Å². The lowest BCUT2D eigenvalue weighted by atomic mass is 10.1. The van der Waals surface area contributed by atoms with Crippen molar-refractivity contribution in [1.29, 1.82) is 0 Å². The van der Waals surface area contributed by atoms with Crippen molar-refractivity contribution in [3.05, 3.63) is 63.6 Å². The second-order valence-corrected chi connectivity index (χ2v) is 6.86. The molecule has 0 heterocycles. The first kappa shape index (κ1) is 20.0. The zero-order valence-electron chi connectivity index (χ0n) is 15.0. The van der Waals surface area contributed by atoms with Gasteiger partial charge < -0.3 is 14.8 Å². The summed E-state index contributed by atoms with van der Waals surface area (Å²) in [4.78, 5) is 23.7. The molecule has 0 saturated heterocycles. The van der Waals surface area contributed by atoms with Crippen molar-refractivity contribution >= 4 is 27.8 Å². The zero-order valence-corrected chi connectivity index (χ0v) is 16.6. The molecule has 0 bridgehead atoms. The molecule has 2 aromatic carbocycles. The Labute approximate surface area is 161 Å². The minimum absolute atomic E-state index is 0.205. The third-order valence-corrected chi connectivity index (χ3v) is 4.67. The first-order valence-electron chi connectivity index (χ1n) is 8.26. The van der Waals surface area contributed by atoms with Crippen LogP contribution < -0.4 is 10.1 Å². The summed E-state index contributed by atoms with van der Waals surface area (Å²) in [5.74, 6) is -0.364. The first-order chi connectivity index (χ1) is 12.4. The molecule has 138 valence electrons. The van der Waals surface area contributed by atoms with E-state index in [1.807, 2.05) is 57.2 Å². The molecule has 0 aromatic heterocycles. The lowest BCUT2D eigenvalue weighted by molar-refractivity contribution is -0.150. The molecule has 5 nitrogen and oxygen atoms in total. The van der Waals surface area contributed by atoms with Crippen LogP contribution in [0.15, 0.2) is 46.9 Å². The number of carbonyl (C=O) groups is 2. The molecule has 26 heavy (non-hydrogen) atoms. The van der Waals surface area contributed by atoms with E-state index in [4.69, 9.17) is 9.47 Å². The molecule has 2 aromatic rings. The Bertz CT molecular complexity index is 791. The van der Waals surface area contributed by atoms with Gasteiger partial charge in [-0.25, -0.2) is 4.79 Å². The van der Waals surface area contributed by atoms with Crippen LogP contribution in [-0.2, 0) is 14.3 Å². The van der Waals surface area contributed by atoms with Gasteiger partial charge in [0.1, 0.15) is 5.75 Å². The lowest BCUT2D eigenvalue weighted by Crippen LogP contribution is -2.32. The summed E-state index contributed by atoms with van der Waals surface area (Å²) in [6, 6.07) is 13.0. The molecule has 0 saturated carbocycles. The van der Waals surface area contributed by atoms with Crippen molar-refractivity contribution < 1.29 is 19.1 Å². The van der Waals surface area contributed by atoms with E-state index in [9.17, 15) is 9.59 Å². The fraction of sp³-hybridized carbons (Fsp3) is 0.300. The van der Waals surface area contributed by atoms with Crippen molar-refractivity contribution in [3.63, 3.8) is 0 Å². The van der Waals surface area contributed by atoms with Crippen LogP contribution in [0.3, 0.4) is 0 Å². The van der Waals surface area contributed by atoms with E-state index in [0.29, 0.717) is 5.75 Å². The summed E-state index contributed by atoms with van der Waals surface area (Å²) >= 11 is 3.45. The van der Waals surface area contributed by atoms with Crippen LogP contribution in [0, 0.1) is 13.8 Å². The Morgan fingerprint density at radius 3 is 2.50 bits per heavy atom. The average molecular weight is 420 g/mol. The molecule has 1 N–H and O–H groups in total. The Morgan fingerprint density at radius 1 is 1.08 bits per heavy atom. The van der Waals surface area contributed by atoms with Gasteiger partial charge in [0.15, 0.2) is 13.2 Å². The van der Waals surface area contributed by atoms with Gasteiger partial charge in [0.2, 0.25) is 0 Å². The number of nitrogens with one attached hydrogen (secondary N) is 1. The van der Waals surface area contributed by atoms with Crippen LogP contribution in [0.25, 0.3) is 0 Å². The minimum atomic E-state index is -0.591. The monoisotopic (exact) mass is 419 g/mol. The summed E-state index contributed by atoms with van der Waals surface area (Å²) in [6.07, 6.45) is 0. The number of carbonyl (C=O) groups excluding carboxylic acids is 2. The summed E-state index contributed by atoms with van der Waals surface area (Å²) in [7, 11) is 0. The molecule has 1 atom stereocenters. The topological polar surface area (TPSA) is 64.6 Å². The molecule has 0 unspecified atom stereocenters. The second kappa shape index (κ2) is 9.38. The maximum absolute atomic E-state index is 12.0. The number of benzene rings is 2. The van der Waals surface area contributed by atoms with E-state index in [2.05, 4.69) is 21.2 Å². The number of ether oxygens (including phenoxy) is 2. The smallest absolute Gasteiger partial charge is 0.344 e. The zero-order chi connectivity index (χ0) is 19.1. The van der Waals surface area contributed by atoms with Gasteiger partial charge in [-0.15, -0.1) is 0 Å². The highest BCUT2D eigenvalue weighted by Crippen LogP contribution is 2.22. The number of aryl methyl sites for hydroxylation is 2. The van der Waals surface area contributed by atoms with Crippen molar-refractivity contribution in [2.24, 2.45) is 0 Å². The molecule has 0 aliphatic carbocycles. The lowest BCUT2D eigenvalue weighted by Gasteiger charge is -2.16. The van der Waals surface area contributed by atoms with E-state index >= 15 is 0 Å². The quantitative estimate of drug-likeness (QED) is 0.691. The van der Waals surface area contributed by atoms with Crippen LogP contribution in [-0.4, -0.2) is 25.1 Å². The molecule has 0 aliphatic rings. The highest BCUT2D eigenvalue weighted by atomic mass is 79.9. The van der Waals surface area contributed by atoms with E-state index in [-0.39, 0.29) is 25.2 Å². The average Bonchev–Trinajstić information content (AvgIpc) is 2.61. The molecule has 1 amide bonds. The summed E-state index contributed by atoms with van der Waals surface area (Å²) in [5, 5.41) is 2.79. The standard InChI is InChI=1S/C20H22BrNO4/c1-13-8-9-16(10-14(13)2)25-12-20(24)26-11-19(23)22-15(3)17-6-4-5-7-18(17)21/h4-10,15H,11-12H2,1-3H3,(H,22,23)/t15-/m0/s1. The minimum Gasteiger partial charge on any atom is -0.482 e. The molecule has 6 heteroatoms. The number of hydrogen-bond acceptors (Lipinski definition) is 4. The van der Waals surface area contributed by atoms with E-state index < -0.39 is 5.97 Å². The van der Waals surface area contributed by atoms with Crippen molar-refractivity contribution in [1.82, 2.24) is 5.32 Å². The number of amides is 1. The highest BCUT2D eigenvalue weighted by Gasteiger charge is 2.14. The van der Waals surface area contributed by atoms with Gasteiger partial charge in [0.05, 0.1) is 6.04 Å². The summed E-state index contributed by atoms with van der Waals surface area (Å²) in [5.41, 5.74) is 3.18. The molecule has 2 rings (SSSR count). The fourth-order valence-corrected chi connectivity index (χ4v) is 2.95. The SMILES string of the molecule is Cc1ccc(OCC(=O)OCC(=O)N[C@@H](C)c2ccccc2Br)cc1C. The van der Waals surface area contributed by atoms with Gasteiger partial charge >= 0.3 is 5.97 Å². The maximum Gasteiger partial charge on any atom is 0.344 e. The predicted octanol–water partition coefficient (Wildman–Crippen LogP) is 3.87. The Morgan fingerprint density at radius 2 is 1.81 bits per heavy atom. The van der Waals surface area contributed by atoms with Crippen LogP contribution >= 0.6 is 15.9 Å². The largest absolute Gasteiger partial charge is 0.482 e. The number of esters is 1. The Hall–Kier alpha value is -2.34. The van der Waals surface area contributed by atoms with Gasteiger partial charge in [-0.05, 0) is 55.7 Å². The van der Waals surface area contributed by atoms with Crippen molar-refractivity contribution in [3.8, 4) is 5.75 Å². The normalized spacial score (nSPS) is 11.5. The van der Waals surface area contributed by atoms with Gasteiger partial charge in [-0.3, -0.25) is 4.79 Å². The van der Waals surface area contributed by atoms with Gasteiger partial charge in [0, 0.05) is 4.47 Å². The second-order valence-electron chi connectivity index (χ2n) is 6.01. The van der Waals surface area contributed by atoms with Crippen LogP contribution in [0.5, 0.6) is 5.75 Å². The third kappa shape index (κ3) is 5.88. The first-order valence-corrected chi connectivity index (χ1v) is 9.05. The van der Waals surface area contributed by atoms with Crippen LogP contribution in [0.1, 0.15) is 29.7 Å². The number of rotatable bonds is 7. The molecule has 0 spiro atoms. The number of hydrogen-bond donors (Lipinski definition) is 1. The third-order valence-electron chi connectivity index (χ3n) is 3.95. The summed E-state index contributed by atoms with van der Waals surface area (Å²) in [6.45, 7) is 5.25. The predicted molar refractivity (Wildman–Crippen MR) is 103 cm³/mol. The van der Waals surface area contributed by atoms with Gasteiger partial charge in [-0.2, -0.15) is 0 Å². The van der Waals surface area contributed by atoms with Crippen molar-refractivity contribution in [2.45, 2.75) is 26.8 Å². The molecular formula is C20H22BrNO4. The molecule has 0 aliphatic heterocycles. The van der Waals surface area contributed by atoms with Gasteiger partial charge in [-0.1, -0.05) is 40.2 Å². The Kier molecular flexibility index (Phi) is 7.21. The van der Waals surface area contributed by atoms with E-state index in [0.717, 1.165) is 21.2 Å². The molecular weight excluding hydrogens is 398 g/mol. The highest BCUT2D eigenvalue weighted by molar-refractivity contribution is 9.10. The Balaban J connectivity index is 1.75. The van der Waals surface area contributed by atoms with E-state index in [1.165, 1.54) is 0 Å². The summed E-state index contributed by atoms with van der Waals surface area (Å²) < 4.78 is 11.3. The maximum atomic E-state index is 12.0. The van der Waals surface area contributed by atoms with Gasteiger partial charge in [0.25, 0.3) is 5.91 Å². The number of halogens is 1. The molecule has 0 radical (unpaired) electrons. The van der Waals surface area contributed by atoms with Crippen LogP contribution in [0.2, 0.25) is 0 Å². The van der Waals surface area contributed by atoms with E-state index in [1.54, 1.807) is 6.07 Å². The van der Waals surface area contributed by atoms with Crippen LogP contribution in [0.4, 0.5) is 0 Å². The molecule has 0 fully saturated rings.